The summed E-state index contributed by atoms with van der Waals surface area (Å²) in [5.41, 5.74) is 0.817. The van der Waals surface area contributed by atoms with Crippen LogP contribution >= 0.6 is 0 Å². The van der Waals surface area contributed by atoms with Gasteiger partial charge in [-0.2, -0.15) is 0 Å². The van der Waals surface area contributed by atoms with E-state index in [1.807, 2.05) is 0 Å². The van der Waals surface area contributed by atoms with Crippen molar-refractivity contribution in [2.75, 3.05) is 25.6 Å². The van der Waals surface area contributed by atoms with Crippen molar-refractivity contribution < 1.29 is 24.2 Å². The standard InChI is InChI=1S/C19H18N2O5/c1-25-14-6-8-16(9-7-14)26-15-4-2-13(3-5-15)20-17-12-18(23)21(10-11-22)19(17)24/h2-9,12,20,22H,10-11H2,1H3. The Morgan fingerprint density at radius 1 is 0.962 bits per heavy atom. The Morgan fingerprint density at radius 3 is 2.12 bits per heavy atom. The van der Waals surface area contributed by atoms with Gasteiger partial charge in [0.1, 0.15) is 22.9 Å². The zero-order chi connectivity index (χ0) is 18.5. The maximum absolute atomic E-state index is 12.1. The number of nitrogens with one attached hydrogen (secondary N) is 1. The predicted molar refractivity (Wildman–Crippen MR) is 95.0 cm³/mol. The van der Waals surface area contributed by atoms with E-state index in [9.17, 15) is 9.59 Å². The van der Waals surface area contributed by atoms with Crippen molar-refractivity contribution in [1.82, 2.24) is 4.90 Å². The highest BCUT2D eigenvalue weighted by Gasteiger charge is 2.30. The lowest BCUT2D eigenvalue weighted by molar-refractivity contribution is -0.137. The first-order valence-electron chi connectivity index (χ1n) is 7.98. The topological polar surface area (TPSA) is 88.1 Å². The number of methoxy groups -OCH3 is 1. The van der Waals surface area contributed by atoms with E-state index in [0.717, 1.165) is 10.6 Å². The number of rotatable bonds is 7. The van der Waals surface area contributed by atoms with E-state index in [4.69, 9.17) is 14.6 Å². The molecule has 0 unspecified atom stereocenters. The minimum Gasteiger partial charge on any atom is -0.497 e. The van der Waals surface area contributed by atoms with Crippen LogP contribution in [-0.2, 0) is 9.59 Å². The number of aliphatic hydroxyl groups is 1. The van der Waals surface area contributed by atoms with E-state index in [0.29, 0.717) is 17.2 Å². The fraction of sp³-hybridized carbons (Fsp3) is 0.158. The molecule has 2 N–H and O–H groups in total. The van der Waals surface area contributed by atoms with Crippen LogP contribution < -0.4 is 14.8 Å². The van der Waals surface area contributed by atoms with Crippen LogP contribution in [0.1, 0.15) is 0 Å². The number of imide groups is 1. The molecule has 134 valence electrons. The Hall–Kier alpha value is -3.32. The van der Waals surface area contributed by atoms with Crippen LogP contribution in [0.3, 0.4) is 0 Å². The van der Waals surface area contributed by atoms with Crippen molar-refractivity contribution in [2.45, 2.75) is 0 Å². The van der Waals surface area contributed by atoms with Crippen LogP contribution in [0.15, 0.2) is 60.3 Å². The van der Waals surface area contributed by atoms with E-state index in [1.165, 1.54) is 6.08 Å². The minimum absolute atomic E-state index is 0.0199. The molecule has 0 bridgehead atoms. The van der Waals surface area contributed by atoms with Gasteiger partial charge in [-0.3, -0.25) is 14.5 Å². The molecule has 7 nitrogen and oxygen atoms in total. The van der Waals surface area contributed by atoms with Gasteiger partial charge in [0.25, 0.3) is 11.8 Å². The third kappa shape index (κ3) is 3.84. The minimum atomic E-state index is -0.456. The molecule has 2 amide bonds. The molecular formula is C19H18N2O5. The second kappa shape index (κ2) is 7.71. The van der Waals surface area contributed by atoms with Crippen LogP contribution in [0.2, 0.25) is 0 Å². The number of benzene rings is 2. The van der Waals surface area contributed by atoms with Gasteiger partial charge in [0, 0.05) is 11.8 Å². The summed E-state index contributed by atoms with van der Waals surface area (Å²) in [7, 11) is 1.60. The zero-order valence-electron chi connectivity index (χ0n) is 14.1. The smallest absolute Gasteiger partial charge is 0.277 e. The van der Waals surface area contributed by atoms with Crippen LogP contribution in [0.5, 0.6) is 17.2 Å². The summed E-state index contributed by atoms with van der Waals surface area (Å²) in [6.07, 6.45) is 1.22. The Labute approximate surface area is 150 Å². The van der Waals surface area contributed by atoms with Crippen molar-refractivity contribution >= 4 is 17.5 Å². The third-order valence-electron chi connectivity index (χ3n) is 3.76. The molecule has 0 saturated carbocycles. The van der Waals surface area contributed by atoms with Gasteiger partial charge in [-0.1, -0.05) is 0 Å². The lowest BCUT2D eigenvalue weighted by atomic mass is 10.2. The third-order valence-corrected chi connectivity index (χ3v) is 3.76. The monoisotopic (exact) mass is 354 g/mol. The number of β-amino-alcohol motifs (C(OH)–C–C–N with tert-alkyl or cyclic N) is 1. The highest BCUT2D eigenvalue weighted by Crippen LogP contribution is 2.26. The molecule has 0 atom stereocenters. The molecule has 2 aromatic carbocycles. The Kier molecular flexibility index (Phi) is 5.19. The van der Waals surface area contributed by atoms with Gasteiger partial charge >= 0.3 is 0 Å². The second-order valence-corrected chi connectivity index (χ2v) is 5.50. The molecule has 0 spiro atoms. The second-order valence-electron chi connectivity index (χ2n) is 5.50. The SMILES string of the molecule is COc1ccc(Oc2ccc(NC3=CC(=O)N(CCO)C3=O)cc2)cc1. The first-order valence-corrected chi connectivity index (χ1v) is 7.98. The molecule has 1 aliphatic rings. The van der Waals surface area contributed by atoms with Crippen molar-refractivity contribution in [3.8, 4) is 17.2 Å². The highest BCUT2D eigenvalue weighted by molar-refractivity contribution is 6.17. The lowest BCUT2D eigenvalue weighted by Gasteiger charge is -2.13. The first kappa shape index (κ1) is 17.5. The molecule has 2 aromatic rings. The van der Waals surface area contributed by atoms with Gasteiger partial charge in [0.05, 0.1) is 20.3 Å². The maximum atomic E-state index is 12.1. The Balaban J connectivity index is 1.63. The van der Waals surface area contributed by atoms with E-state index in [1.54, 1.807) is 55.6 Å². The summed E-state index contributed by atoms with van der Waals surface area (Å²) in [6.45, 7) is -0.288. The number of carbonyl (C=O) groups excluding carboxylic acids is 2. The Morgan fingerprint density at radius 2 is 1.54 bits per heavy atom. The quantitative estimate of drug-likeness (QED) is 0.741. The van der Waals surface area contributed by atoms with E-state index in [2.05, 4.69) is 5.32 Å². The van der Waals surface area contributed by atoms with E-state index >= 15 is 0 Å². The number of aliphatic hydroxyl groups excluding tert-OH is 1. The molecule has 1 heterocycles. The molecule has 0 aliphatic carbocycles. The molecule has 7 heteroatoms. The van der Waals surface area contributed by atoms with E-state index < -0.39 is 11.8 Å². The lowest BCUT2D eigenvalue weighted by Crippen LogP contribution is -2.34. The summed E-state index contributed by atoms with van der Waals surface area (Å²) in [5.74, 6) is 1.15. The van der Waals surface area contributed by atoms with Crippen molar-refractivity contribution in [3.63, 3.8) is 0 Å². The van der Waals surface area contributed by atoms with Gasteiger partial charge in [0.15, 0.2) is 0 Å². The zero-order valence-corrected chi connectivity index (χ0v) is 14.1. The highest BCUT2D eigenvalue weighted by atomic mass is 16.5. The normalized spacial score (nSPS) is 13.6. The summed E-state index contributed by atoms with van der Waals surface area (Å²) in [5, 5.41) is 11.8. The molecule has 3 rings (SSSR count). The predicted octanol–water partition coefficient (Wildman–Crippen LogP) is 2.14. The summed E-state index contributed by atoms with van der Waals surface area (Å²) >= 11 is 0. The van der Waals surface area contributed by atoms with Crippen molar-refractivity contribution in [3.05, 3.63) is 60.3 Å². The average molecular weight is 354 g/mol. The van der Waals surface area contributed by atoms with Crippen molar-refractivity contribution in [1.29, 1.82) is 0 Å². The molecular weight excluding hydrogens is 336 g/mol. The number of nitrogens with zero attached hydrogens (tertiary/aromatic N) is 1. The van der Waals surface area contributed by atoms with Gasteiger partial charge in [-0.15, -0.1) is 0 Å². The Bertz CT molecular complexity index is 828. The molecule has 1 aliphatic heterocycles. The van der Waals surface area contributed by atoms with Crippen LogP contribution in [-0.4, -0.2) is 42.1 Å². The first-order chi connectivity index (χ1) is 12.6. The largest absolute Gasteiger partial charge is 0.497 e. The average Bonchev–Trinajstić information content (AvgIpc) is 2.92. The number of amides is 2. The van der Waals surface area contributed by atoms with Gasteiger partial charge < -0.3 is 19.9 Å². The number of carbonyl (C=O) groups is 2. The number of hydrogen-bond acceptors (Lipinski definition) is 6. The number of ether oxygens (including phenoxy) is 2. The molecule has 0 fully saturated rings. The molecule has 0 radical (unpaired) electrons. The summed E-state index contributed by atoms with van der Waals surface area (Å²) < 4.78 is 10.8. The van der Waals surface area contributed by atoms with Crippen LogP contribution in [0, 0.1) is 0 Å². The number of hydrogen-bond donors (Lipinski definition) is 2. The van der Waals surface area contributed by atoms with Crippen molar-refractivity contribution in [2.24, 2.45) is 0 Å². The van der Waals surface area contributed by atoms with Crippen LogP contribution in [0.4, 0.5) is 5.69 Å². The summed E-state index contributed by atoms with van der Waals surface area (Å²) in [4.78, 5) is 24.8. The van der Waals surface area contributed by atoms with Crippen LogP contribution in [0.25, 0.3) is 0 Å². The molecule has 0 saturated heterocycles. The molecule has 26 heavy (non-hydrogen) atoms. The summed E-state index contributed by atoms with van der Waals surface area (Å²) in [6, 6.07) is 14.2. The fourth-order valence-electron chi connectivity index (χ4n) is 2.45. The maximum Gasteiger partial charge on any atom is 0.277 e. The van der Waals surface area contributed by atoms with Gasteiger partial charge in [-0.25, -0.2) is 0 Å². The van der Waals surface area contributed by atoms with E-state index in [-0.39, 0.29) is 18.8 Å². The van der Waals surface area contributed by atoms with Gasteiger partial charge in [-0.05, 0) is 48.5 Å². The number of anilines is 1. The van der Waals surface area contributed by atoms with Gasteiger partial charge in [0.2, 0.25) is 0 Å². The fourth-order valence-corrected chi connectivity index (χ4v) is 2.45. The molecule has 0 aromatic heterocycles.